The van der Waals surface area contributed by atoms with E-state index < -0.39 is 5.79 Å². The third kappa shape index (κ3) is 6.84. The van der Waals surface area contributed by atoms with Crippen LogP contribution in [0.5, 0.6) is 17.2 Å². The molecular weight excluding hydrogens is 494 g/mol. The molecule has 0 saturated carbocycles. The number of methoxy groups -OCH3 is 1. The molecule has 1 aliphatic heterocycles. The lowest BCUT2D eigenvalue weighted by Crippen LogP contribution is -2.36. The first-order chi connectivity index (χ1) is 18.5. The van der Waals surface area contributed by atoms with Crippen molar-refractivity contribution in [1.29, 1.82) is 0 Å². The lowest BCUT2D eigenvalue weighted by atomic mass is 9.93. The van der Waals surface area contributed by atoms with E-state index in [1.165, 1.54) is 0 Å². The van der Waals surface area contributed by atoms with Gasteiger partial charge in [0.15, 0.2) is 17.8 Å². The number of hydrogen-bond donors (Lipinski definition) is 1. The summed E-state index contributed by atoms with van der Waals surface area (Å²) in [6.07, 6.45) is 5.53. The minimum atomic E-state index is -0.750. The van der Waals surface area contributed by atoms with Crippen LogP contribution in [0, 0.1) is 20.8 Å². The number of ether oxygens (including phenoxy) is 3. The first-order valence-corrected chi connectivity index (χ1v) is 14.1. The number of H-pyrrole nitrogens is 1. The minimum Gasteiger partial charge on any atom is -0.496 e. The summed E-state index contributed by atoms with van der Waals surface area (Å²) in [6.45, 7) is 14.3. The number of likely N-dealkylation sites (N-methyl/N-ethyl adjacent to an activating group) is 1. The Morgan fingerprint density at radius 2 is 1.77 bits per heavy atom. The summed E-state index contributed by atoms with van der Waals surface area (Å²) < 4.78 is 18.3. The molecule has 216 valence electrons. The third-order valence-electron chi connectivity index (χ3n) is 8.21. The van der Waals surface area contributed by atoms with Gasteiger partial charge in [-0.1, -0.05) is 13.8 Å². The molecule has 2 aromatic rings. The average molecular weight is 542 g/mol. The van der Waals surface area contributed by atoms with Crippen molar-refractivity contribution in [1.82, 2.24) is 14.8 Å². The quantitative estimate of drug-likeness (QED) is 0.330. The molecule has 1 aromatic carbocycles. The van der Waals surface area contributed by atoms with Gasteiger partial charge in [0.25, 0.3) is 5.56 Å². The molecule has 1 aromatic heterocycles. The summed E-state index contributed by atoms with van der Waals surface area (Å²) in [7, 11) is 5.72. The maximum absolute atomic E-state index is 12.6. The Labute approximate surface area is 233 Å². The van der Waals surface area contributed by atoms with E-state index in [4.69, 9.17) is 14.2 Å². The second-order valence-corrected chi connectivity index (χ2v) is 11.1. The maximum atomic E-state index is 12.6. The lowest BCUT2D eigenvalue weighted by molar-refractivity contribution is -0.0709. The number of nitrogens with zero attached hydrogens (tertiary/aromatic N) is 2. The van der Waals surface area contributed by atoms with E-state index in [0.29, 0.717) is 48.2 Å². The van der Waals surface area contributed by atoms with Crippen LogP contribution in [0.2, 0.25) is 0 Å². The fraction of sp³-hybridized carbons (Fsp3) is 0.613. The van der Waals surface area contributed by atoms with Crippen LogP contribution in [0.3, 0.4) is 0 Å². The van der Waals surface area contributed by atoms with Gasteiger partial charge in [0.1, 0.15) is 5.75 Å². The first-order valence-electron chi connectivity index (χ1n) is 14.1. The van der Waals surface area contributed by atoms with E-state index in [1.54, 1.807) is 7.11 Å². The summed E-state index contributed by atoms with van der Waals surface area (Å²) in [5.41, 5.74) is 4.59. The molecule has 3 rings (SSSR count). The fourth-order valence-corrected chi connectivity index (χ4v) is 5.63. The Morgan fingerprint density at radius 3 is 2.36 bits per heavy atom. The first kappa shape index (κ1) is 30.7. The Bertz CT molecular complexity index is 1220. The van der Waals surface area contributed by atoms with Crippen molar-refractivity contribution in [3.8, 4) is 17.2 Å². The topological polar surface area (TPSA) is 84.1 Å². The molecule has 8 nitrogen and oxygen atoms in total. The number of aryl methyl sites for hydroxylation is 1. The fourth-order valence-electron chi connectivity index (χ4n) is 5.63. The summed E-state index contributed by atoms with van der Waals surface area (Å²) in [4.78, 5) is 32.1. The molecule has 1 aliphatic rings. The number of rotatable bonds is 14. The van der Waals surface area contributed by atoms with E-state index in [0.717, 1.165) is 66.6 Å². The average Bonchev–Trinajstić information content (AvgIpc) is 3.26. The van der Waals surface area contributed by atoms with Gasteiger partial charge in [0.2, 0.25) is 5.79 Å². The maximum Gasteiger partial charge on any atom is 0.256 e. The Morgan fingerprint density at radius 1 is 1.10 bits per heavy atom. The number of carbonyl (C=O) groups excluding carboxylic acids is 1. The Kier molecular flexibility index (Phi) is 10.2. The van der Waals surface area contributed by atoms with Gasteiger partial charge in [0, 0.05) is 49.3 Å². The minimum absolute atomic E-state index is 0.145. The van der Waals surface area contributed by atoms with Crippen LogP contribution < -0.4 is 19.8 Å². The molecule has 0 saturated heterocycles. The molecule has 0 radical (unpaired) electrons. The lowest BCUT2D eigenvalue weighted by Gasteiger charge is -2.28. The normalized spacial score (nSPS) is 17.2. The van der Waals surface area contributed by atoms with Crippen molar-refractivity contribution in [3.05, 3.63) is 49.9 Å². The van der Waals surface area contributed by atoms with Crippen LogP contribution in [0.1, 0.15) is 84.8 Å². The van der Waals surface area contributed by atoms with Gasteiger partial charge in [-0.15, -0.1) is 0 Å². The van der Waals surface area contributed by atoms with E-state index in [9.17, 15) is 9.59 Å². The van der Waals surface area contributed by atoms with E-state index in [-0.39, 0.29) is 5.56 Å². The monoisotopic (exact) mass is 541 g/mol. The zero-order valence-corrected chi connectivity index (χ0v) is 25.3. The van der Waals surface area contributed by atoms with Crippen molar-refractivity contribution < 1.29 is 19.0 Å². The van der Waals surface area contributed by atoms with Crippen LogP contribution in [0.15, 0.2) is 10.9 Å². The molecule has 0 fully saturated rings. The van der Waals surface area contributed by atoms with E-state index >= 15 is 0 Å². The van der Waals surface area contributed by atoms with Crippen LogP contribution >= 0.6 is 0 Å². The SMILES string of the molecule is CCC(CCCC1(C)Oc2c(C)c(C=O)c(CCN(C)Cc3c(OC)cc(C)[nH]c3=O)c(C)c2O1)N(C)CC. The second kappa shape index (κ2) is 13.0. The summed E-state index contributed by atoms with van der Waals surface area (Å²) >= 11 is 0. The molecule has 2 atom stereocenters. The predicted octanol–water partition coefficient (Wildman–Crippen LogP) is 5.18. The van der Waals surface area contributed by atoms with Crippen molar-refractivity contribution in [2.24, 2.45) is 0 Å². The summed E-state index contributed by atoms with van der Waals surface area (Å²) in [6, 6.07) is 2.38. The summed E-state index contributed by atoms with van der Waals surface area (Å²) in [5, 5.41) is 0. The van der Waals surface area contributed by atoms with Gasteiger partial charge in [-0.25, -0.2) is 0 Å². The number of nitrogens with one attached hydrogen (secondary N) is 1. The highest BCUT2D eigenvalue weighted by atomic mass is 16.7. The number of fused-ring (bicyclic) bond motifs is 1. The van der Waals surface area contributed by atoms with Gasteiger partial charge < -0.3 is 29.0 Å². The van der Waals surface area contributed by atoms with Gasteiger partial charge in [-0.05, 0) is 84.3 Å². The highest BCUT2D eigenvalue weighted by Gasteiger charge is 2.40. The largest absolute Gasteiger partial charge is 0.496 e. The smallest absolute Gasteiger partial charge is 0.256 e. The zero-order chi connectivity index (χ0) is 28.9. The predicted molar refractivity (Wildman–Crippen MR) is 156 cm³/mol. The van der Waals surface area contributed by atoms with Crippen molar-refractivity contribution in [3.63, 3.8) is 0 Å². The van der Waals surface area contributed by atoms with Gasteiger partial charge in [0.05, 0.1) is 12.7 Å². The second-order valence-electron chi connectivity index (χ2n) is 11.1. The van der Waals surface area contributed by atoms with Crippen molar-refractivity contribution in [2.45, 2.75) is 92.0 Å². The number of aromatic nitrogens is 1. The van der Waals surface area contributed by atoms with Gasteiger partial charge in [-0.3, -0.25) is 9.59 Å². The third-order valence-corrected chi connectivity index (χ3v) is 8.21. The van der Waals surface area contributed by atoms with E-state index in [2.05, 4.69) is 35.7 Å². The van der Waals surface area contributed by atoms with Crippen LogP contribution in [0.25, 0.3) is 0 Å². The molecule has 0 amide bonds. The van der Waals surface area contributed by atoms with Gasteiger partial charge >= 0.3 is 0 Å². The van der Waals surface area contributed by atoms with Crippen LogP contribution in [-0.2, 0) is 13.0 Å². The molecule has 0 spiro atoms. The standard InChI is InChI=1S/C31H47N3O5/c1-10-23(34(8)11-2)13-12-15-31(6)38-28-21(4)24(26(19-35)22(5)29(28)39-31)14-16-33(7)18-25-27(37-9)17-20(3)32-30(25)36/h17,19,23H,10-16,18H2,1-9H3,(H,32,36). The molecule has 2 unspecified atom stereocenters. The highest BCUT2D eigenvalue weighted by molar-refractivity contribution is 5.84. The molecule has 2 heterocycles. The van der Waals surface area contributed by atoms with Crippen molar-refractivity contribution in [2.75, 3.05) is 34.3 Å². The van der Waals surface area contributed by atoms with Crippen LogP contribution in [-0.4, -0.2) is 67.2 Å². The van der Waals surface area contributed by atoms with Crippen LogP contribution in [0.4, 0.5) is 0 Å². The number of carbonyl (C=O) groups is 1. The molecule has 0 bridgehead atoms. The number of benzene rings is 1. The van der Waals surface area contributed by atoms with E-state index in [1.807, 2.05) is 40.8 Å². The van der Waals surface area contributed by atoms with Gasteiger partial charge in [-0.2, -0.15) is 0 Å². The molecule has 1 N–H and O–H groups in total. The highest BCUT2D eigenvalue weighted by Crippen LogP contribution is 2.48. The number of aldehydes is 1. The van der Waals surface area contributed by atoms with Crippen molar-refractivity contribution >= 4 is 6.29 Å². The molecule has 0 aliphatic carbocycles. The molecular formula is C31H47N3O5. The number of aromatic amines is 1. The zero-order valence-electron chi connectivity index (χ0n) is 25.3. The molecule has 8 heteroatoms. The Hall–Kier alpha value is -2.84. The summed E-state index contributed by atoms with van der Waals surface area (Å²) in [5.74, 6) is 1.26. The Balaban J connectivity index is 1.75. The number of pyridine rings is 1. The molecule has 39 heavy (non-hydrogen) atoms. The number of hydrogen-bond acceptors (Lipinski definition) is 7.